The predicted octanol–water partition coefficient (Wildman–Crippen LogP) is 24.0. The number of para-hydroxylation sites is 1. The molecule has 2 heterocycles. The van der Waals surface area contributed by atoms with Crippen molar-refractivity contribution >= 4 is 102 Å². The number of rotatable bonds is 8. The Morgan fingerprint density at radius 3 is 1.34 bits per heavy atom. The molecule has 0 aliphatic rings. The van der Waals surface area contributed by atoms with Crippen LogP contribution in [0.4, 0.5) is 5.69 Å². The van der Waals surface area contributed by atoms with Crippen molar-refractivity contribution in [1.82, 2.24) is 0 Å². The molecule has 0 saturated carbocycles. The Bertz CT molecular complexity index is 6530. The number of thiophene rings is 1. The topological polar surface area (TPSA) is 16.4 Å². The van der Waals surface area contributed by atoms with Gasteiger partial charge in [0.2, 0.25) is 0 Å². The second-order valence-corrected chi connectivity index (χ2v) is 22.4. The van der Waals surface area contributed by atoms with Gasteiger partial charge < -0.3 is 9.32 Å². The Morgan fingerprint density at radius 1 is 0.299 bits per heavy atom. The molecule has 0 saturated heterocycles. The van der Waals surface area contributed by atoms with Crippen LogP contribution in [-0.4, -0.2) is 14.1 Å². The molecule has 3 heteroatoms. The van der Waals surface area contributed by atoms with Gasteiger partial charge in [0.15, 0.2) is 0 Å². The first-order valence-corrected chi connectivity index (χ1v) is 29.1. The fraction of sp³-hybridized carbons (Fsp3) is 0.0238. The van der Waals surface area contributed by atoms with E-state index in [1.54, 1.807) is 54.6 Å². The molecule has 410 valence electrons. The summed E-state index contributed by atoms with van der Waals surface area (Å²) >= 11 is 1.81. The molecule has 17 rings (SSSR count). The quantitative estimate of drug-likeness (QED) is 0.141. The van der Waals surface area contributed by atoms with E-state index in [9.17, 15) is 8.22 Å². The van der Waals surface area contributed by atoms with E-state index in [1.165, 1.54) is 25.7 Å². The number of furan rings is 1. The smallest absolute Gasteiger partial charge is 0.135 e. The molecule has 2 aromatic heterocycles. The highest BCUT2D eigenvalue weighted by Gasteiger charge is 2.21. The third kappa shape index (κ3) is 9.02. The maximum Gasteiger partial charge on any atom is 0.135 e. The zero-order chi connectivity index (χ0) is 74.5. The molecule has 0 aliphatic carbocycles. The number of anilines is 1. The van der Waals surface area contributed by atoms with E-state index in [2.05, 4.69) is 108 Å². The minimum atomic E-state index is -0.761. The summed E-state index contributed by atoms with van der Waals surface area (Å²) in [5.41, 5.74) is 8.01. The second kappa shape index (κ2) is 21.7. The van der Waals surface area contributed by atoms with Crippen molar-refractivity contribution in [3.8, 4) is 77.9 Å². The first-order chi connectivity index (χ1) is 50.9. The van der Waals surface area contributed by atoms with E-state index in [0.29, 0.717) is 27.3 Å². The van der Waals surface area contributed by atoms with Crippen molar-refractivity contribution in [2.24, 2.45) is 0 Å². The SMILES string of the molecule is [2H]c1c([2H])c(-c2c3c([2H])c([2H])c([2H])c([2H])c3c(-c3ccccc3)c3c([2H])c([2H])c([2H])c([2H])c23)c([2H])c([2H])c1-c1c([2H])c([2H])c2oc3ccccc3c2c1[2H].[2H]c1c([2H])c([2H])c2c(-c3ccccc3)c3cc(N(C)C)ccc3c(-c3ccc(-c4c(-c5ccccc5)ccc5sc6ccccc6c45)cc3)c2c1[2H]. The molecule has 0 radical (unpaired) electrons. The van der Waals surface area contributed by atoms with E-state index in [4.69, 9.17) is 22.2 Å². The summed E-state index contributed by atoms with van der Waals surface area (Å²) in [7, 11) is 4.02. The minimum absolute atomic E-state index is 0.0339. The maximum atomic E-state index is 9.36. The third-order valence-electron chi connectivity index (χ3n) is 16.1. The van der Waals surface area contributed by atoms with Gasteiger partial charge in [-0.15, -0.1) is 11.3 Å². The molecular weight excluding hydrogens is 1070 g/mol. The molecule has 0 aliphatic heterocycles. The van der Waals surface area contributed by atoms with Crippen molar-refractivity contribution in [1.29, 1.82) is 0 Å². The fourth-order valence-corrected chi connectivity index (χ4v) is 13.3. The molecule has 87 heavy (non-hydrogen) atoms. The van der Waals surface area contributed by atoms with Crippen molar-refractivity contribution in [2.75, 3.05) is 19.0 Å². The summed E-state index contributed by atoms with van der Waals surface area (Å²) in [6, 6.07) is 53.5. The molecule has 0 N–H and O–H groups in total. The number of nitrogens with zero attached hydrogens (tertiary/aromatic N) is 1. The van der Waals surface area contributed by atoms with Gasteiger partial charge in [-0.3, -0.25) is 0 Å². The van der Waals surface area contributed by atoms with Gasteiger partial charge in [0, 0.05) is 50.7 Å². The van der Waals surface area contributed by atoms with Gasteiger partial charge in [0.25, 0.3) is 0 Å². The van der Waals surface area contributed by atoms with Crippen LogP contribution in [0.1, 0.15) is 26.0 Å². The summed E-state index contributed by atoms with van der Waals surface area (Å²) in [5, 5.41) is 5.11. The van der Waals surface area contributed by atoms with Crippen LogP contribution in [0.5, 0.6) is 0 Å². The van der Waals surface area contributed by atoms with E-state index in [1.807, 2.05) is 61.8 Å². The highest BCUT2D eigenvalue weighted by molar-refractivity contribution is 7.26. The van der Waals surface area contributed by atoms with Gasteiger partial charge in [0.05, 0.1) is 26.0 Å². The lowest BCUT2D eigenvalue weighted by Crippen LogP contribution is -2.08. The average Bonchev–Trinajstić information content (AvgIpc) is 0.792. The number of benzene rings is 15. The van der Waals surface area contributed by atoms with Gasteiger partial charge in [-0.1, -0.05) is 267 Å². The summed E-state index contributed by atoms with van der Waals surface area (Å²) in [4.78, 5) is 2.06. The van der Waals surface area contributed by atoms with Crippen LogP contribution in [-0.2, 0) is 0 Å². The van der Waals surface area contributed by atoms with Crippen LogP contribution in [0.2, 0.25) is 0 Å². The Kier molecular flexibility index (Phi) is 8.82. The van der Waals surface area contributed by atoms with E-state index in [0.717, 1.165) is 55.4 Å². The van der Waals surface area contributed by atoms with Gasteiger partial charge in [-0.05, 0) is 163 Å². The maximum absolute atomic E-state index is 9.36. The van der Waals surface area contributed by atoms with Crippen LogP contribution in [0.15, 0.2) is 313 Å². The summed E-state index contributed by atoms with van der Waals surface area (Å²) in [5.74, 6) is 0. The average molecular weight is 1150 g/mol. The monoisotopic (exact) mass is 1150 g/mol. The van der Waals surface area contributed by atoms with Crippen molar-refractivity contribution in [3.05, 3.63) is 309 Å². The Hall–Kier alpha value is -10.8. The van der Waals surface area contributed by atoms with Crippen molar-refractivity contribution in [3.63, 3.8) is 0 Å². The van der Waals surface area contributed by atoms with Gasteiger partial charge >= 0.3 is 0 Å². The zero-order valence-electron chi connectivity index (χ0n) is 65.7. The van der Waals surface area contributed by atoms with Crippen LogP contribution in [0.25, 0.3) is 163 Å². The van der Waals surface area contributed by atoms with Crippen LogP contribution in [0.3, 0.4) is 0 Å². The first-order valence-electron chi connectivity index (χ1n) is 37.8. The molecule has 0 atom stereocenters. The lowest BCUT2D eigenvalue weighted by molar-refractivity contribution is 0.669. The summed E-state index contributed by atoms with van der Waals surface area (Å²) in [6.07, 6.45) is 0. The van der Waals surface area contributed by atoms with Crippen LogP contribution < -0.4 is 4.90 Å². The molecule has 0 bridgehead atoms. The lowest BCUT2D eigenvalue weighted by Gasteiger charge is -2.20. The third-order valence-corrected chi connectivity index (χ3v) is 17.2. The molecule has 15 aromatic carbocycles. The summed E-state index contributed by atoms with van der Waals surface area (Å²) in [6.45, 7) is 0. The highest BCUT2D eigenvalue weighted by Crippen LogP contribution is 2.49. The molecular formula is C84H57NOS. The van der Waals surface area contributed by atoms with E-state index in [-0.39, 0.29) is 79.4 Å². The summed E-state index contributed by atoms with van der Waals surface area (Å²) < 4.78 is 179. The Morgan fingerprint density at radius 2 is 0.759 bits per heavy atom. The van der Waals surface area contributed by atoms with Crippen LogP contribution in [0, 0.1) is 0 Å². The Labute approximate surface area is 536 Å². The molecule has 0 amide bonds. The predicted molar refractivity (Wildman–Crippen MR) is 375 cm³/mol. The van der Waals surface area contributed by atoms with Gasteiger partial charge in [-0.2, -0.15) is 0 Å². The first kappa shape index (κ1) is 35.5. The number of hydrogen-bond donors (Lipinski definition) is 0. The van der Waals surface area contributed by atoms with Crippen LogP contribution >= 0.6 is 11.3 Å². The molecule has 0 fully saturated rings. The zero-order valence-corrected chi connectivity index (χ0v) is 47.6. The number of fused-ring (bicyclic) bond motifs is 10. The normalized spacial score (nSPS) is 14.6. The van der Waals surface area contributed by atoms with Crippen molar-refractivity contribution < 1.29 is 30.5 Å². The Balaban J connectivity index is 0.000000163. The fourth-order valence-electron chi connectivity index (χ4n) is 12.2. The minimum Gasteiger partial charge on any atom is -0.456 e. The second-order valence-electron chi connectivity index (χ2n) is 21.3. The molecule has 0 spiro atoms. The standard InChI is InChI=1S/C46H33NS.C38H24O/c1-47(2)34-25-26-38-40(29-34)44(31-15-7-4-8-16-31)37-18-10-9-17-36(37)43(38)32-21-23-33(24-22-32)45-35(30-13-5-3-6-14-30)27-28-42-46(45)39-19-11-12-20-41(39)48-42;1-2-10-26(11-3-1)37-30-13-4-6-15-32(30)38(33-16-7-5-14-31(33)37)27-20-18-25(19-21-27)28-22-23-36-34(24-28)29-12-8-9-17-35(29)39-36/h3-29H,1-2H3;1-24H/i9D,10D,17D,18D;4D,5D,6D,7D,13D,14D,15D,16D,18D,19D,20D,21D,22D,23D,24D. The van der Waals surface area contributed by atoms with Gasteiger partial charge in [-0.25, -0.2) is 0 Å². The number of hydrogen-bond acceptors (Lipinski definition) is 3. The largest absolute Gasteiger partial charge is 0.456 e. The highest BCUT2D eigenvalue weighted by atomic mass is 32.1. The molecule has 0 unspecified atom stereocenters. The van der Waals surface area contributed by atoms with Crippen molar-refractivity contribution in [2.45, 2.75) is 0 Å². The molecule has 2 nitrogen and oxygen atoms in total. The molecule has 17 aromatic rings. The lowest BCUT2D eigenvalue weighted by atomic mass is 9.85. The van der Waals surface area contributed by atoms with E-state index >= 15 is 0 Å². The van der Waals surface area contributed by atoms with Gasteiger partial charge in [0.1, 0.15) is 11.2 Å². The van der Waals surface area contributed by atoms with E-state index < -0.39 is 95.7 Å².